The third-order valence-corrected chi connectivity index (χ3v) is 3.51. The van der Waals surface area contributed by atoms with E-state index in [4.69, 9.17) is 0 Å². The van der Waals surface area contributed by atoms with Gasteiger partial charge in [0.05, 0.1) is 0 Å². The first kappa shape index (κ1) is 8.34. The summed E-state index contributed by atoms with van der Waals surface area (Å²) in [5.74, 6) is 1.08. The van der Waals surface area contributed by atoms with Crippen LogP contribution in [0.15, 0.2) is 11.1 Å². The van der Waals surface area contributed by atoms with Gasteiger partial charge in [-0.1, -0.05) is 30.9 Å². The van der Waals surface area contributed by atoms with Gasteiger partial charge in [-0.3, -0.25) is 0 Å². The molecular formula is C12H20. The molecule has 0 saturated heterocycles. The maximum absolute atomic E-state index is 2.29. The zero-order chi connectivity index (χ0) is 8.39. The van der Waals surface area contributed by atoms with Gasteiger partial charge < -0.3 is 0 Å². The highest BCUT2D eigenvalue weighted by Gasteiger charge is 2.29. The Kier molecular flexibility index (Phi) is 2.53. The van der Waals surface area contributed by atoms with Crippen LogP contribution >= 0.6 is 0 Å². The topological polar surface area (TPSA) is 0 Å². The molecule has 2 rings (SSSR count). The molecule has 0 nitrogen and oxygen atoms in total. The second-order valence-corrected chi connectivity index (χ2v) is 4.48. The molecule has 1 atom stereocenters. The fraction of sp³-hybridized carbons (Fsp3) is 0.833. The first-order chi connectivity index (χ1) is 5.90. The molecule has 0 aromatic rings. The summed E-state index contributed by atoms with van der Waals surface area (Å²) in [4.78, 5) is 0. The van der Waals surface area contributed by atoms with Gasteiger partial charge in [0.15, 0.2) is 0 Å². The van der Waals surface area contributed by atoms with Gasteiger partial charge in [-0.05, 0) is 44.4 Å². The average molecular weight is 164 g/mol. The predicted octanol–water partition coefficient (Wildman–Crippen LogP) is 4.07. The number of hydrogen-bond donors (Lipinski definition) is 0. The van der Waals surface area contributed by atoms with Crippen molar-refractivity contribution in [1.82, 2.24) is 0 Å². The lowest BCUT2D eigenvalue weighted by molar-refractivity contribution is 0.547. The average Bonchev–Trinajstić information content (AvgIpc) is 2.65. The van der Waals surface area contributed by atoms with Crippen LogP contribution in [0.25, 0.3) is 0 Å². The van der Waals surface area contributed by atoms with Gasteiger partial charge in [0.1, 0.15) is 0 Å². The van der Waals surface area contributed by atoms with Crippen LogP contribution in [0.1, 0.15) is 58.3 Å². The fourth-order valence-electron chi connectivity index (χ4n) is 2.79. The molecule has 1 saturated carbocycles. The van der Waals surface area contributed by atoms with Crippen molar-refractivity contribution in [3.63, 3.8) is 0 Å². The van der Waals surface area contributed by atoms with Crippen molar-refractivity contribution in [3.05, 3.63) is 11.1 Å². The molecule has 0 aromatic carbocycles. The Bertz CT molecular complexity index is 188. The first-order valence-corrected chi connectivity index (χ1v) is 5.60. The van der Waals surface area contributed by atoms with E-state index in [2.05, 4.69) is 6.92 Å². The Balaban J connectivity index is 1.81. The van der Waals surface area contributed by atoms with Crippen molar-refractivity contribution >= 4 is 0 Å². The summed E-state index contributed by atoms with van der Waals surface area (Å²) in [5, 5.41) is 0. The summed E-state index contributed by atoms with van der Waals surface area (Å²) in [5.41, 5.74) is 3.72. The maximum Gasteiger partial charge on any atom is -0.0286 e. The lowest BCUT2D eigenvalue weighted by atomic mass is 9.95. The lowest BCUT2D eigenvalue weighted by Crippen LogP contribution is -1.94. The molecule has 1 unspecified atom stereocenters. The molecule has 0 radical (unpaired) electrons. The number of fused-ring (bicyclic) bond motifs is 2. The highest BCUT2D eigenvalue weighted by atomic mass is 14.3. The molecule has 2 aliphatic carbocycles. The molecule has 0 heterocycles. The smallest absolute Gasteiger partial charge is 0.0286 e. The third kappa shape index (κ3) is 1.57. The van der Waals surface area contributed by atoms with Crippen molar-refractivity contribution in [2.75, 3.05) is 0 Å². The fourth-order valence-corrected chi connectivity index (χ4v) is 2.79. The van der Waals surface area contributed by atoms with Crippen molar-refractivity contribution in [1.29, 1.82) is 0 Å². The second kappa shape index (κ2) is 3.64. The molecule has 0 amide bonds. The molecule has 2 aliphatic rings. The van der Waals surface area contributed by atoms with E-state index in [0.717, 1.165) is 5.92 Å². The molecule has 12 heavy (non-hydrogen) atoms. The van der Waals surface area contributed by atoms with E-state index >= 15 is 0 Å². The van der Waals surface area contributed by atoms with Crippen LogP contribution in [0.5, 0.6) is 0 Å². The van der Waals surface area contributed by atoms with E-state index in [-0.39, 0.29) is 0 Å². The van der Waals surface area contributed by atoms with E-state index in [0.29, 0.717) is 0 Å². The minimum atomic E-state index is 1.08. The van der Waals surface area contributed by atoms with E-state index in [1.165, 1.54) is 51.4 Å². The largest absolute Gasteiger partial charge is 0.0707 e. The van der Waals surface area contributed by atoms with Crippen LogP contribution in [0.2, 0.25) is 0 Å². The minimum absolute atomic E-state index is 1.08. The van der Waals surface area contributed by atoms with Gasteiger partial charge >= 0.3 is 0 Å². The monoisotopic (exact) mass is 164 g/mol. The zero-order valence-electron chi connectivity index (χ0n) is 8.23. The van der Waals surface area contributed by atoms with Crippen LogP contribution in [0.3, 0.4) is 0 Å². The summed E-state index contributed by atoms with van der Waals surface area (Å²) in [6.45, 7) is 2.29. The van der Waals surface area contributed by atoms with Crippen molar-refractivity contribution in [2.45, 2.75) is 58.3 Å². The third-order valence-electron chi connectivity index (χ3n) is 3.51. The number of allylic oxidation sites excluding steroid dienone is 2. The second-order valence-electron chi connectivity index (χ2n) is 4.48. The van der Waals surface area contributed by atoms with Gasteiger partial charge in [-0.2, -0.15) is 0 Å². The summed E-state index contributed by atoms with van der Waals surface area (Å²) in [6, 6.07) is 0. The van der Waals surface area contributed by atoms with E-state index in [1.54, 1.807) is 0 Å². The van der Waals surface area contributed by atoms with E-state index < -0.39 is 0 Å². The highest BCUT2D eigenvalue weighted by molar-refractivity contribution is 5.25. The summed E-state index contributed by atoms with van der Waals surface area (Å²) in [6.07, 6.45) is 11.6. The predicted molar refractivity (Wildman–Crippen MR) is 53.1 cm³/mol. The van der Waals surface area contributed by atoms with Crippen molar-refractivity contribution in [2.24, 2.45) is 5.92 Å². The SMILES string of the molecule is CCCCCC1=C2CCC(C1)C2. The Labute approximate surface area is 76.1 Å². The molecule has 0 spiro atoms. The van der Waals surface area contributed by atoms with Crippen LogP contribution in [0, 0.1) is 5.92 Å². The van der Waals surface area contributed by atoms with E-state index in [1.807, 2.05) is 11.1 Å². The zero-order valence-corrected chi connectivity index (χ0v) is 8.23. The lowest BCUT2D eigenvalue weighted by Gasteiger charge is -2.11. The quantitative estimate of drug-likeness (QED) is 0.434. The summed E-state index contributed by atoms with van der Waals surface area (Å²) in [7, 11) is 0. The van der Waals surface area contributed by atoms with Crippen molar-refractivity contribution < 1.29 is 0 Å². The molecule has 68 valence electrons. The van der Waals surface area contributed by atoms with Crippen LogP contribution in [0.4, 0.5) is 0 Å². The first-order valence-electron chi connectivity index (χ1n) is 5.60. The molecule has 2 bridgehead atoms. The van der Waals surface area contributed by atoms with Crippen LogP contribution in [-0.4, -0.2) is 0 Å². The Morgan fingerprint density at radius 3 is 2.75 bits per heavy atom. The van der Waals surface area contributed by atoms with Crippen LogP contribution < -0.4 is 0 Å². The Morgan fingerprint density at radius 2 is 2.17 bits per heavy atom. The maximum atomic E-state index is 2.29. The Hall–Kier alpha value is -0.260. The van der Waals surface area contributed by atoms with Gasteiger partial charge in [0.25, 0.3) is 0 Å². The minimum Gasteiger partial charge on any atom is -0.0707 e. The molecule has 0 N–H and O–H groups in total. The molecule has 0 aliphatic heterocycles. The molecule has 0 heteroatoms. The Morgan fingerprint density at radius 1 is 1.25 bits per heavy atom. The van der Waals surface area contributed by atoms with Crippen molar-refractivity contribution in [3.8, 4) is 0 Å². The molecule has 1 fully saturated rings. The normalized spacial score (nSPS) is 27.2. The molecular weight excluding hydrogens is 144 g/mol. The molecule has 0 aromatic heterocycles. The number of rotatable bonds is 4. The van der Waals surface area contributed by atoms with Gasteiger partial charge in [-0.15, -0.1) is 0 Å². The van der Waals surface area contributed by atoms with E-state index in [9.17, 15) is 0 Å². The number of hydrogen-bond acceptors (Lipinski definition) is 0. The van der Waals surface area contributed by atoms with Gasteiger partial charge in [0, 0.05) is 0 Å². The summed E-state index contributed by atoms with van der Waals surface area (Å²) < 4.78 is 0. The van der Waals surface area contributed by atoms with Gasteiger partial charge in [0.2, 0.25) is 0 Å². The highest BCUT2D eigenvalue weighted by Crippen LogP contribution is 2.45. The standard InChI is InChI=1S/C12H20/c1-2-3-4-5-11-8-10-6-7-12(11)9-10/h10H,2-9H2,1H3. The summed E-state index contributed by atoms with van der Waals surface area (Å²) >= 11 is 0. The number of unbranched alkanes of at least 4 members (excludes halogenated alkanes) is 2. The van der Waals surface area contributed by atoms with Gasteiger partial charge in [-0.25, -0.2) is 0 Å². The van der Waals surface area contributed by atoms with Crippen LogP contribution in [-0.2, 0) is 0 Å².